The van der Waals surface area contributed by atoms with Gasteiger partial charge in [0.15, 0.2) is 5.16 Å². The summed E-state index contributed by atoms with van der Waals surface area (Å²) in [5, 5.41) is 9.77. The first kappa shape index (κ1) is 15.3. The number of nitrogens with one attached hydrogen (secondary N) is 1. The molecule has 0 atom stereocenters. The second-order valence-electron chi connectivity index (χ2n) is 4.73. The van der Waals surface area contributed by atoms with Crippen molar-refractivity contribution in [3.63, 3.8) is 0 Å². The number of hydrogen-bond acceptors (Lipinski definition) is 5. The Morgan fingerprint density at radius 2 is 2.10 bits per heavy atom. The van der Waals surface area contributed by atoms with Gasteiger partial charge in [-0.1, -0.05) is 25.1 Å². The van der Waals surface area contributed by atoms with Crippen LogP contribution in [0, 0.1) is 25.2 Å². The molecule has 0 amide bonds. The number of hydrogen-bond donors (Lipinski definition) is 1. The summed E-state index contributed by atoms with van der Waals surface area (Å²) >= 11 is 1.29. The molecule has 0 unspecified atom stereocenters. The van der Waals surface area contributed by atoms with Crippen LogP contribution in [0.2, 0.25) is 0 Å². The second-order valence-corrected chi connectivity index (χ2v) is 5.76. The molecule has 0 aliphatic heterocycles. The average molecular weight is 300 g/mol. The smallest absolute Gasteiger partial charge is 0.251 e. The fourth-order valence-electron chi connectivity index (χ4n) is 2.03. The topological polar surface area (TPSA) is 82.4 Å². The molecule has 0 aliphatic carbocycles. The predicted octanol–water partition coefficient (Wildman–Crippen LogP) is 2.76. The summed E-state index contributed by atoms with van der Waals surface area (Å²) in [5.74, 6) is 0. The fourth-order valence-corrected chi connectivity index (χ4v) is 3.08. The molecule has 2 aromatic rings. The van der Waals surface area contributed by atoms with Crippen molar-refractivity contribution in [2.75, 3.05) is 0 Å². The van der Waals surface area contributed by atoms with Gasteiger partial charge in [-0.3, -0.25) is 9.78 Å². The summed E-state index contributed by atoms with van der Waals surface area (Å²) in [6.45, 7) is 5.72. The minimum atomic E-state index is -0.169. The van der Waals surface area contributed by atoms with Crippen molar-refractivity contribution in [2.45, 2.75) is 43.7 Å². The number of aryl methyl sites for hydroxylation is 3. The summed E-state index contributed by atoms with van der Waals surface area (Å²) in [6, 6.07) is 5.51. The fraction of sp³-hybridized carbons (Fsp3) is 0.333. The quantitative estimate of drug-likeness (QED) is 0.878. The monoisotopic (exact) mass is 300 g/mol. The van der Waals surface area contributed by atoms with E-state index in [0.717, 1.165) is 29.1 Å². The molecule has 0 radical (unpaired) electrons. The second kappa shape index (κ2) is 6.55. The first-order chi connectivity index (χ1) is 10.0. The molecule has 21 heavy (non-hydrogen) atoms. The highest BCUT2D eigenvalue weighted by atomic mass is 32.2. The first-order valence-corrected chi connectivity index (χ1v) is 7.51. The van der Waals surface area contributed by atoms with Crippen LogP contribution in [-0.2, 0) is 6.42 Å². The van der Waals surface area contributed by atoms with E-state index in [1.807, 2.05) is 19.9 Å². The van der Waals surface area contributed by atoms with E-state index >= 15 is 0 Å². The van der Waals surface area contributed by atoms with Crippen LogP contribution in [0.3, 0.4) is 0 Å². The first-order valence-electron chi connectivity index (χ1n) is 6.70. The summed E-state index contributed by atoms with van der Waals surface area (Å²) < 4.78 is 0. The maximum Gasteiger partial charge on any atom is 0.251 e. The van der Waals surface area contributed by atoms with E-state index in [1.54, 1.807) is 6.92 Å². The van der Waals surface area contributed by atoms with E-state index in [2.05, 4.69) is 21.0 Å². The predicted molar refractivity (Wildman–Crippen MR) is 81.4 cm³/mol. The molecule has 2 heterocycles. The lowest BCUT2D eigenvalue weighted by atomic mass is 10.2. The van der Waals surface area contributed by atoms with E-state index in [-0.39, 0.29) is 5.56 Å². The number of nitrogens with zero attached hydrogens (tertiary/aromatic N) is 3. The number of aromatic nitrogens is 3. The van der Waals surface area contributed by atoms with E-state index < -0.39 is 0 Å². The molecule has 0 aliphatic rings. The Labute approximate surface area is 127 Å². The minimum absolute atomic E-state index is 0.169. The third-order valence-electron chi connectivity index (χ3n) is 2.89. The third-order valence-corrected chi connectivity index (χ3v) is 3.82. The molecule has 2 aromatic heterocycles. The molecule has 108 valence electrons. The summed E-state index contributed by atoms with van der Waals surface area (Å²) in [7, 11) is 0. The molecule has 5 nitrogen and oxygen atoms in total. The molecule has 0 aromatic carbocycles. The highest BCUT2D eigenvalue weighted by molar-refractivity contribution is 7.99. The number of nitriles is 1. The standard InChI is InChI=1S/C15H16N4OS/c1-4-5-11-7-14(20)19-15(18-11)21-13-6-9(2)17-10(3)12(13)8-16/h6-7H,4-5H2,1-3H3,(H,18,19,20). The number of aromatic amines is 1. The molecular weight excluding hydrogens is 284 g/mol. The van der Waals surface area contributed by atoms with Crippen LogP contribution in [0.5, 0.6) is 0 Å². The summed E-state index contributed by atoms with van der Waals surface area (Å²) in [6.07, 6.45) is 1.69. The van der Waals surface area contributed by atoms with Crippen LogP contribution in [0.1, 0.15) is 36.0 Å². The molecular formula is C15H16N4OS. The van der Waals surface area contributed by atoms with Crippen LogP contribution >= 0.6 is 11.8 Å². The Bertz CT molecular complexity index is 761. The number of H-pyrrole nitrogens is 1. The van der Waals surface area contributed by atoms with E-state index in [4.69, 9.17) is 0 Å². The maximum atomic E-state index is 11.7. The molecule has 0 bridgehead atoms. The van der Waals surface area contributed by atoms with Gasteiger partial charge in [-0.15, -0.1) is 0 Å². The minimum Gasteiger partial charge on any atom is -0.301 e. The Kier molecular flexibility index (Phi) is 4.76. The Balaban J connectivity index is 2.43. The van der Waals surface area contributed by atoms with Gasteiger partial charge in [0.2, 0.25) is 0 Å². The zero-order valence-electron chi connectivity index (χ0n) is 12.2. The molecule has 2 rings (SSSR count). The highest BCUT2D eigenvalue weighted by Gasteiger charge is 2.11. The summed E-state index contributed by atoms with van der Waals surface area (Å²) in [5.41, 5.74) is 2.64. The maximum absolute atomic E-state index is 11.7. The van der Waals surface area contributed by atoms with Gasteiger partial charge in [0, 0.05) is 22.3 Å². The van der Waals surface area contributed by atoms with E-state index in [0.29, 0.717) is 16.4 Å². The van der Waals surface area contributed by atoms with Gasteiger partial charge in [-0.25, -0.2) is 4.98 Å². The van der Waals surface area contributed by atoms with Crippen LogP contribution < -0.4 is 5.56 Å². The normalized spacial score (nSPS) is 10.4. The lowest BCUT2D eigenvalue weighted by Gasteiger charge is -2.07. The van der Waals surface area contributed by atoms with Gasteiger partial charge in [-0.2, -0.15) is 5.26 Å². The van der Waals surface area contributed by atoms with Gasteiger partial charge in [-0.05, 0) is 26.3 Å². The Hall–Kier alpha value is -2.13. The Morgan fingerprint density at radius 3 is 2.76 bits per heavy atom. The third kappa shape index (κ3) is 3.70. The molecule has 0 spiro atoms. The largest absolute Gasteiger partial charge is 0.301 e. The van der Waals surface area contributed by atoms with Crippen LogP contribution in [0.15, 0.2) is 27.0 Å². The number of pyridine rings is 1. The van der Waals surface area contributed by atoms with Crippen LogP contribution in [0.25, 0.3) is 0 Å². The SMILES string of the molecule is CCCc1cc(=O)[nH]c(Sc2cc(C)nc(C)c2C#N)n1. The lowest BCUT2D eigenvalue weighted by Crippen LogP contribution is -2.10. The number of rotatable bonds is 4. The van der Waals surface area contributed by atoms with Crippen molar-refractivity contribution in [1.82, 2.24) is 15.0 Å². The van der Waals surface area contributed by atoms with Crippen LogP contribution in [-0.4, -0.2) is 15.0 Å². The van der Waals surface area contributed by atoms with Crippen molar-refractivity contribution in [3.8, 4) is 6.07 Å². The highest BCUT2D eigenvalue weighted by Crippen LogP contribution is 2.29. The van der Waals surface area contributed by atoms with Gasteiger partial charge < -0.3 is 4.98 Å². The van der Waals surface area contributed by atoms with Gasteiger partial charge in [0.25, 0.3) is 5.56 Å². The molecule has 0 saturated heterocycles. The van der Waals surface area contributed by atoms with Crippen molar-refractivity contribution >= 4 is 11.8 Å². The summed E-state index contributed by atoms with van der Waals surface area (Å²) in [4.78, 5) is 23.9. The molecule has 1 N–H and O–H groups in total. The molecule has 0 fully saturated rings. The Morgan fingerprint density at radius 1 is 1.33 bits per heavy atom. The lowest BCUT2D eigenvalue weighted by molar-refractivity contribution is 0.815. The van der Waals surface area contributed by atoms with Gasteiger partial charge in [0.1, 0.15) is 6.07 Å². The van der Waals surface area contributed by atoms with Crippen molar-refractivity contribution in [1.29, 1.82) is 5.26 Å². The zero-order chi connectivity index (χ0) is 15.4. The van der Waals surface area contributed by atoms with Crippen molar-refractivity contribution in [2.24, 2.45) is 0 Å². The zero-order valence-corrected chi connectivity index (χ0v) is 13.0. The van der Waals surface area contributed by atoms with E-state index in [1.165, 1.54) is 17.8 Å². The molecule has 0 saturated carbocycles. The van der Waals surface area contributed by atoms with E-state index in [9.17, 15) is 10.1 Å². The van der Waals surface area contributed by atoms with Crippen molar-refractivity contribution in [3.05, 3.63) is 45.1 Å². The van der Waals surface area contributed by atoms with Crippen molar-refractivity contribution < 1.29 is 0 Å². The van der Waals surface area contributed by atoms with Crippen LogP contribution in [0.4, 0.5) is 0 Å². The average Bonchev–Trinajstić information content (AvgIpc) is 2.37. The van der Waals surface area contributed by atoms with Gasteiger partial charge >= 0.3 is 0 Å². The molecule has 6 heteroatoms. The van der Waals surface area contributed by atoms with Gasteiger partial charge in [0.05, 0.1) is 11.3 Å².